The van der Waals surface area contributed by atoms with Crippen LogP contribution in [0.25, 0.3) is 11.1 Å². The molecule has 1 aromatic heterocycles. The molecule has 6 nitrogen and oxygen atoms in total. The van der Waals surface area contributed by atoms with Gasteiger partial charge in [-0.25, -0.2) is 13.4 Å². The molecule has 0 saturated carbocycles. The molecule has 0 spiro atoms. The van der Waals surface area contributed by atoms with Gasteiger partial charge in [0.1, 0.15) is 11.6 Å². The van der Waals surface area contributed by atoms with Gasteiger partial charge in [-0.2, -0.15) is 0 Å². The van der Waals surface area contributed by atoms with Crippen LogP contribution in [-0.2, 0) is 9.84 Å². The third-order valence-electron chi connectivity index (χ3n) is 6.26. The van der Waals surface area contributed by atoms with Crippen LogP contribution in [0.1, 0.15) is 19.8 Å². The van der Waals surface area contributed by atoms with Crippen molar-refractivity contribution in [2.24, 2.45) is 5.92 Å². The second-order valence-corrected chi connectivity index (χ2v) is 12.4. The maximum Gasteiger partial charge on any atom is 0.178 e. The van der Waals surface area contributed by atoms with E-state index in [1.807, 2.05) is 24.3 Å². The summed E-state index contributed by atoms with van der Waals surface area (Å²) >= 11 is 9.59. The predicted octanol–water partition coefficient (Wildman–Crippen LogP) is 6.42. The summed E-state index contributed by atoms with van der Waals surface area (Å²) < 4.78 is 31.8. The lowest BCUT2D eigenvalue weighted by molar-refractivity contribution is 0.160. The number of hydrogen-bond acceptors (Lipinski definition) is 6. The normalized spacial score (nSPS) is 15.2. The Morgan fingerprint density at radius 2 is 1.89 bits per heavy atom. The van der Waals surface area contributed by atoms with Crippen LogP contribution in [0, 0.1) is 5.92 Å². The van der Waals surface area contributed by atoms with Crippen LogP contribution in [0.2, 0.25) is 5.02 Å². The summed E-state index contributed by atoms with van der Waals surface area (Å²) in [6, 6.07) is 14.6. The number of aromatic nitrogens is 1. The molecule has 186 valence electrons. The molecule has 0 amide bonds. The third-order valence-corrected chi connectivity index (χ3v) is 8.80. The number of benzene rings is 2. The molecule has 3 aromatic rings. The van der Waals surface area contributed by atoms with Crippen LogP contribution in [0.5, 0.6) is 5.75 Å². The number of likely N-dealkylation sites (tertiary alicyclic amines) is 1. The highest BCUT2D eigenvalue weighted by atomic mass is 79.9. The van der Waals surface area contributed by atoms with Crippen LogP contribution in [0.15, 0.2) is 64.1 Å². The number of piperidine rings is 1. The monoisotopic (exact) mass is 577 g/mol. The molecule has 1 aliphatic rings. The Hall–Kier alpha value is -2.13. The van der Waals surface area contributed by atoms with Crippen molar-refractivity contribution < 1.29 is 13.2 Å². The van der Waals surface area contributed by atoms with Crippen LogP contribution in [0.4, 0.5) is 11.5 Å². The van der Waals surface area contributed by atoms with Gasteiger partial charge in [0.15, 0.2) is 9.84 Å². The fourth-order valence-corrected chi connectivity index (χ4v) is 5.70. The smallest absolute Gasteiger partial charge is 0.178 e. The Balaban J connectivity index is 1.66. The summed E-state index contributed by atoms with van der Waals surface area (Å²) in [4.78, 5) is 7.06. The standard InChI is InChI=1S/C26H29BrClN3O3S/c1-3-35(32,33)22-6-4-5-19(13-22)20-7-8-25(34-17-18-9-11-31(2)12-10-18)24(14-20)30-26-23(27)15-21(28)16-29-26/h4-8,13-16,18H,3,9-12,17H2,1-2H3,(H,29,30). The minimum Gasteiger partial charge on any atom is -0.491 e. The summed E-state index contributed by atoms with van der Waals surface area (Å²) in [5.74, 6) is 1.89. The summed E-state index contributed by atoms with van der Waals surface area (Å²) in [6.45, 7) is 4.45. The van der Waals surface area contributed by atoms with E-state index in [2.05, 4.69) is 38.2 Å². The van der Waals surface area contributed by atoms with E-state index in [-0.39, 0.29) is 5.75 Å². The minimum atomic E-state index is -3.30. The van der Waals surface area contributed by atoms with Gasteiger partial charge in [0.05, 0.1) is 32.4 Å². The van der Waals surface area contributed by atoms with Gasteiger partial charge in [-0.1, -0.05) is 36.7 Å². The number of nitrogens with one attached hydrogen (secondary N) is 1. The van der Waals surface area contributed by atoms with Gasteiger partial charge in [0, 0.05) is 6.20 Å². The SMILES string of the molecule is CCS(=O)(=O)c1cccc(-c2ccc(OCC3CCN(C)CC3)c(Nc3ncc(Cl)cc3Br)c2)c1. The molecule has 9 heteroatoms. The molecule has 2 aromatic carbocycles. The van der Waals surface area contributed by atoms with E-state index in [0.717, 1.165) is 47.2 Å². The van der Waals surface area contributed by atoms with Gasteiger partial charge >= 0.3 is 0 Å². The summed E-state index contributed by atoms with van der Waals surface area (Å²) in [7, 11) is -1.15. The maximum absolute atomic E-state index is 12.4. The molecule has 1 aliphatic heterocycles. The lowest BCUT2D eigenvalue weighted by Gasteiger charge is -2.29. The van der Waals surface area contributed by atoms with Crippen molar-refractivity contribution in [3.8, 4) is 16.9 Å². The van der Waals surface area contributed by atoms with Gasteiger partial charge in [-0.15, -0.1) is 0 Å². The van der Waals surface area contributed by atoms with E-state index in [1.54, 1.807) is 37.4 Å². The first-order chi connectivity index (χ1) is 16.7. The van der Waals surface area contributed by atoms with Crippen LogP contribution < -0.4 is 10.1 Å². The van der Waals surface area contributed by atoms with E-state index in [1.165, 1.54) is 0 Å². The molecule has 4 rings (SSSR count). The Labute approximate surface area is 220 Å². The van der Waals surface area contributed by atoms with Gasteiger partial charge in [0.25, 0.3) is 0 Å². The largest absolute Gasteiger partial charge is 0.491 e. The quantitative estimate of drug-likeness (QED) is 0.332. The minimum absolute atomic E-state index is 0.0588. The number of halogens is 2. The molecule has 0 bridgehead atoms. The van der Waals surface area contributed by atoms with Crippen molar-refractivity contribution in [2.45, 2.75) is 24.7 Å². The number of pyridine rings is 1. The van der Waals surface area contributed by atoms with Crippen molar-refractivity contribution in [2.75, 3.05) is 37.8 Å². The molecule has 1 saturated heterocycles. The second kappa shape index (κ2) is 11.3. The highest BCUT2D eigenvalue weighted by Crippen LogP contribution is 2.36. The number of nitrogens with zero attached hydrogens (tertiary/aromatic N) is 2. The van der Waals surface area contributed by atoms with E-state index in [0.29, 0.717) is 34.0 Å². The first kappa shape index (κ1) is 25.9. The first-order valence-corrected chi connectivity index (χ1v) is 14.4. The van der Waals surface area contributed by atoms with Crippen molar-refractivity contribution >= 4 is 48.9 Å². The molecule has 0 unspecified atom stereocenters. The number of anilines is 2. The third kappa shape index (κ3) is 6.55. The average molecular weight is 579 g/mol. The molecule has 0 radical (unpaired) electrons. The van der Waals surface area contributed by atoms with Gasteiger partial charge in [-0.05, 0) is 96.3 Å². The fourth-order valence-electron chi connectivity index (χ4n) is 4.04. The number of rotatable bonds is 8. The number of sulfone groups is 1. The van der Waals surface area contributed by atoms with E-state index in [4.69, 9.17) is 16.3 Å². The Morgan fingerprint density at radius 3 is 2.60 bits per heavy atom. The molecule has 1 fully saturated rings. The lowest BCUT2D eigenvalue weighted by Crippen LogP contribution is -2.32. The Morgan fingerprint density at radius 1 is 1.14 bits per heavy atom. The van der Waals surface area contributed by atoms with E-state index < -0.39 is 9.84 Å². The van der Waals surface area contributed by atoms with Crippen molar-refractivity contribution in [3.05, 3.63) is 64.2 Å². The second-order valence-electron chi connectivity index (χ2n) is 8.81. The Kier molecular flexibility index (Phi) is 8.37. The lowest BCUT2D eigenvalue weighted by atomic mass is 9.98. The zero-order valence-corrected chi connectivity index (χ0v) is 23.0. The topological polar surface area (TPSA) is 71.5 Å². The maximum atomic E-state index is 12.4. The van der Waals surface area contributed by atoms with Crippen molar-refractivity contribution in [3.63, 3.8) is 0 Å². The summed E-state index contributed by atoms with van der Waals surface area (Å²) in [6.07, 6.45) is 3.80. The van der Waals surface area contributed by atoms with Crippen LogP contribution in [-0.4, -0.2) is 50.8 Å². The molecular weight excluding hydrogens is 550 g/mol. The highest BCUT2D eigenvalue weighted by Gasteiger charge is 2.19. The fraction of sp³-hybridized carbons (Fsp3) is 0.346. The van der Waals surface area contributed by atoms with Gasteiger partial charge in [-0.3, -0.25) is 0 Å². The molecule has 2 heterocycles. The molecule has 1 N–H and O–H groups in total. The zero-order chi connectivity index (χ0) is 25.0. The van der Waals surface area contributed by atoms with Gasteiger partial charge < -0.3 is 15.0 Å². The predicted molar refractivity (Wildman–Crippen MR) is 146 cm³/mol. The average Bonchev–Trinajstić information content (AvgIpc) is 2.86. The highest BCUT2D eigenvalue weighted by molar-refractivity contribution is 9.10. The van der Waals surface area contributed by atoms with E-state index >= 15 is 0 Å². The van der Waals surface area contributed by atoms with Crippen LogP contribution in [0.3, 0.4) is 0 Å². The molecule has 35 heavy (non-hydrogen) atoms. The van der Waals surface area contributed by atoms with Gasteiger partial charge in [0.2, 0.25) is 0 Å². The summed E-state index contributed by atoms with van der Waals surface area (Å²) in [5, 5.41) is 3.89. The van der Waals surface area contributed by atoms with E-state index in [9.17, 15) is 8.42 Å². The number of ether oxygens (including phenoxy) is 1. The van der Waals surface area contributed by atoms with Crippen molar-refractivity contribution in [1.29, 1.82) is 0 Å². The molecular formula is C26H29BrClN3O3S. The number of hydrogen-bond donors (Lipinski definition) is 1. The molecule has 0 atom stereocenters. The Bertz CT molecular complexity index is 1290. The zero-order valence-electron chi connectivity index (χ0n) is 19.8. The molecule has 0 aliphatic carbocycles. The first-order valence-electron chi connectivity index (χ1n) is 11.6. The van der Waals surface area contributed by atoms with Crippen molar-refractivity contribution in [1.82, 2.24) is 9.88 Å². The summed E-state index contributed by atoms with van der Waals surface area (Å²) in [5.41, 5.74) is 2.43. The van der Waals surface area contributed by atoms with Crippen LogP contribution >= 0.6 is 27.5 Å².